The third kappa shape index (κ3) is 12.5. The maximum absolute atomic E-state index is 13.0. The van der Waals surface area contributed by atoms with E-state index in [2.05, 4.69) is 16.0 Å². The summed E-state index contributed by atoms with van der Waals surface area (Å²) in [6, 6.07) is -4.12. The van der Waals surface area contributed by atoms with Gasteiger partial charge in [-0.15, -0.1) is 0 Å². The Morgan fingerprint density at radius 2 is 1.38 bits per heavy atom. The number of carbonyl (C=O) groups is 5. The zero-order chi connectivity index (χ0) is 26.4. The quantitative estimate of drug-likeness (QED) is 0.125. The van der Waals surface area contributed by atoms with E-state index in [0.29, 0.717) is 19.4 Å². The first kappa shape index (κ1) is 31.3. The summed E-state index contributed by atoms with van der Waals surface area (Å²) in [7, 11) is 0. The lowest BCUT2D eigenvalue weighted by molar-refractivity contribution is -0.143. The third-order valence-electron chi connectivity index (χ3n) is 5.19. The van der Waals surface area contributed by atoms with Gasteiger partial charge in [0.25, 0.3) is 0 Å². The fourth-order valence-corrected chi connectivity index (χ4v) is 3.21. The van der Waals surface area contributed by atoms with Crippen LogP contribution in [0.4, 0.5) is 0 Å². The zero-order valence-electron chi connectivity index (χ0n) is 20.6. The number of hydrogen-bond acceptors (Lipinski definition) is 7. The van der Waals surface area contributed by atoms with Crippen molar-refractivity contribution in [1.82, 2.24) is 16.0 Å². The van der Waals surface area contributed by atoms with Crippen LogP contribution in [-0.2, 0) is 24.0 Å². The Kier molecular flexibility index (Phi) is 14.7. The Morgan fingerprint density at radius 3 is 1.85 bits per heavy atom. The number of rotatable bonds is 17. The van der Waals surface area contributed by atoms with Crippen LogP contribution in [-0.4, -0.2) is 65.4 Å². The van der Waals surface area contributed by atoms with Crippen LogP contribution in [0.15, 0.2) is 0 Å². The van der Waals surface area contributed by atoms with Gasteiger partial charge < -0.3 is 38.3 Å². The van der Waals surface area contributed by atoms with Crippen LogP contribution in [0.25, 0.3) is 0 Å². The largest absolute Gasteiger partial charge is 0.480 e. The number of hydrogen-bond donors (Lipinski definition) is 7. The van der Waals surface area contributed by atoms with E-state index in [1.54, 1.807) is 13.8 Å². The van der Waals surface area contributed by atoms with Crippen molar-refractivity contribution in [2.75, 3.05) is 6.54 Å². The zero-order valence-corrected chi connectivity index (χ0v) is 20.6. The minimum atomic E-state index is -1.17. The minimum absolute atomic E-state index is 0.0193. The summed E-state index contributed by atoms with van der Waals surface area (Å²) in [6.45, 7) is 7.47. The first-order chi connectivity index (χ1) is 15.8. The van der Waals surface area contributed by atoms with E-state index in [1.807, 2.05) is 13.8 Å². The monoisotopic (exact) mass is 486 g/mol. The van der Waals surface area contributed by atoms with E-state index >= 15 is 0 Å². The fraction of sp³-hybridized carbons (Fsp3) is 0.773. The van der Waals surface area contributed by atoms with Crippen LogP contribution in [0.2, 0.25) is 0 Å². The van der Waals surface area contributed by atoms with Crippen LogP contribution >= 0.6 is 0 Å². The fourth-order valence-electron chi connectivity index (χ4n) is 3.21. The van der Waals surface area contributed by atoms with Gasteiger partial charge in [-0.3, -0.25) is 19.2 Å². The van der Waals surface area contributed by atoms with Gasteiger partial charge in [0.05, 0.1) is 6.04 Å². The molecule has 0 spiro atoms. The summed E-state index contributed by atoms with van der Waals surface area (Å²) < 4.78 is 0. The molecule has 0 aliphatic carbocycles. The number of primary amides is 1. The molecule has 34 heavy (non-hydrogen) atoms. The van der Waals surface area contributed by atoms with Gasteiger partial charge in [0.1, 0.15) is 18.1 Å². The number of amides is 4. The molecular formula is C22H42N6O6. The van der Waals surface area contributed by atoms with Gasteiger partial charge in [0.2, 0.25) is 23.6 Å². The molecule has 0 saturated heterocycles. The maximum atomic E-state index is 13.0. The lowest BCUT2D eigenvalue weighted by atomic mass is 9.99. The van der Waals surface area contributed by atoms with Crippen LogP contribution in [0.5, 0.6) is 0 Å². The lowest BCUT2D eigenvalue weighted by Crippen LogP contribution is -2.57. The highest BCUT2D eigenvalue weighted by atomic mass is 16.4. The van der Waals surface area contributed by atoms with Gasteiger partial charge in [-0.05, 0) is 50.5 Å². The second-order valence-electron chi connectivity index (χ2n) is 9.22. The highest BCUT2D eigenvalue weighted by molar-refractivity contribution is 5.94. The standard InChI is InChI=1S/C22H42N6O6/c1-12(2)11-16(21(32)28-18(13(3)4)22(33)34)27-20(31)15(7-5-6-10-23)26-19(30)14(24)8-9-17(25)29/h12-16,18H,5-11,23-24H2,1-4H3,(H2,25,29)(H,26,30)(H,27,31)(H,28,32)(H,33,34). The number of unbranched alkanes of at least 4 members (excludes halogenated alkanes) is 1. The molecule has 196 valence electrons. The lowest BCUT2D eigenvalue weighted by Gasteiger charge is -2.27. The maximum Gasteiger partial charge on any atom is 0.326 e. The summed E-state index contributed by atoms with van der Waals surface area (Å²) in [5.41, 5.74) is 16.4. The molecule has 0 aliphatic heterocycles. The molecule has 0 aliphatic rings. The summed E-state index contributed by atoms with van der Waals surface area (Å²) in [4.78, 5) is 60.8. The Balaban J connectivity index is 5.48. The normalized spacial score (nSPS) is 14.7. The number of carboxylic acid groups (broad SMARTS) is 1. The van der Waals surface area contributed by atoms with Crippen molar-refractivity contribution in [3.8, 4) is 0 Å². The highest BCUT2D eigenvalue weighted by Gasteiger charge is 2.31. The molecule has 0 aromatic rings. The van der Waals surface area contributed by atoms with E-state index in [0.717, 1.165) is 0 Å². The SMILES string of the molecule is CC(C)CC(NC(=O)C(CCCCN)NC(=O)C(N)CCC(N)=O)C(=O)NC(C(=O)O)C(C)C. The van der Waals surface area contributed by atoms with E-state index in [1.165, 1.54) is 0 Å². The summed E-state index contributed by atoms with van der Waals surface area (Å²) in [6.07, 6.45) is 1.65. The number of nitrogens with one attached hydrogen (secondary N) is 3. The molecule has 4 atom stereocenters. The third-order valence-corrected chi connectivity index (χ3v) is 5.19. The molecule has 0 fully saturated rings. The van der Waals surface area contributed by atoms with Crippen LogP contribution < -0.4 is 33.2 Å². The van der Waals surface area contributed by atoms with Gasteiger partial charge in [-0.25, -0.2) is 4.79 Å². The smallest absolute Gasteiger partial charge is 0.326 e. The summed E-state index contributed by atoms with van der Waals surface area (Å²) in [5, 5.41) is 17.1. The molecule has 12 nitrogen and oxygen atoms in total. The highest BCUT2D eigenvalue weighted by Crippen LogP contribution is 2.10. The molecule has 0 heterocycles. The number of aliphatic carboxylic acids is 1. The Hall–Kier alpha value is -2.73. The molecule has 4 amide bonds. The summed E-state index contributed by atoms with van der Waals surface area (Å²) in [5.74, 6) is -3.94. The molecule has 0 aromatic carbocycles. The second-order valence-corrected chi connectivity index (χ2v) is 9.22. The van der Waals surface area contributed by atoms with Gasteiger partial charge in [-0.2, -0.15) is 0 Å². The molecule has 0 aromatic heterocycles. The molecule has 0 bridgehead atoms. The van der Waals surface area contributed by atoms with E-state index in [9.17, 15) is 29.1 Å². The predicted octanol–water partition coefficient (Wildman–Crippen LogP) is -1.05. The molecule has 10 N–H and O–H groups in total. The number of carbonyl (C=O) groups excluding carboxylic acids is 4. The first-order valence-corrected chi connectivity index (χ1v) is 11.7. The molecule has 0 rings (SSSR count). The van der Waals surface area contributed by atoms with Crippen molar-refractivity contribution in [3.05, 3.63) is 0 Å². The predicted molar refractivity (Wildman–Crippen MR) is 127 cm³/mol. The number of nitrogens with two attached hydrogens (primary N) is 3. The Bertz CT molecular complexity index is 699. The topological polar surface area (TPSA) is 220 Å². The van der Waals surface area contributed by atoms with Crippen molar-refractivity contribution in [2.24, 2.45) is 29.0 Å². The van der Waals surface area contributed by atoms with Crippen molar-refractivity contribution in [3.63, 3.8) is 0 Å². The van der Waals surface area contributed by atoms with Crippen LogP contribution in [0.1, 0.15) is 66.2 Å². The molecule has 4 unspecified atom stereocenters. The van der Waals surface area contributed by atoms with Gasteiger partial charge in [0, 0.05) is 6.42 Å². The average molecular weight is 487 g/mol. The van der Waals surface area contributed by atoms with Crippen LogP contribution in [0.3, 0.4) is 0 Å². The minimum Gasteiger partial charge on any atom is -0.480 e. The van der Waals surface area contributed by atoms with E-state index < -0.39 is 53.8 Å². The molecule has 12 heteroatoms. The average Bonchev–Trinajstić information content (AvgIpc) is 2.73. The van der Waals surface area contributed by atoms with Crippen molar-refractivity contribution < 1.29 is 29.1 Å². The molecular weight excluding hydrogens is 444 g/mol. The Morgan fingerprint density at radius 1 is 0.824 bits per heavy atom. The van der Waals surface area contributed by atoms with Gasteiger partial charge in [-0.1, -0.05) is 27.7 Å². The van der Waals surface area contributed by atoms with E-state index in [-0.39, 0.29) is 37.5 Å². The molecule has 0 radical (unpaired) electrons. The first-order valence-electron chi connectivity index (χ1n) is 11.7. The number of carboxylic acids is 1. The van der Waals surface area contributed by atoms with Crippen molar-refractivity contribution in [2.45, 2.75) is 90.4 Å². The van der Waals surface area contributed by atoms with Gasteiger partial charge >= 0.3 is 5.97 Å². The van der Waals surface area contributed by atoms with E-state index in [4.69, 9.17) is 17.2 Å². The van der Waals surface area contributed by atoms with Crippen LogP contribution in [0, 0.1) is 11.8 Å². The Labute approximate surface area is 201 Å². The van der Waals surface area contributed by atoms with Crippen molar-refractivity contribution in [1.29, 1.82) is 0 Å². The van der Waals surface area contributed by atoms with Gasteiger partial charge in [0.15, 0.2) is 0 Å². The molecule has 0 saturated carbocycles. The second kappa shape index (κ2) is 16.0. The van der Waals surface area contributed by atoms with Crippen molar-refractivity contribution >= 4 is 29.6 Å². The summed E-state index contributed by atoms with van der Waals surface area (Å²) >= 11 is 0.